The molecule has 2 aliphatic heterocycles. The molecule has 5 N–H and O–H groups in total. The van der Waals surface area contributed by atoms with E-state index in [1.165, 1.54) is 12.4 Å². The fraction of sp³-hybridized carbons (Fsp3) is 0.348. The Morgan fingerprint density at radius 2 is 2.10 bits per heavy atom. The van der Waals surface area contributed by atoms with Gasteiger partial charge < -0.3 is 16.0 Å². The van der Waals surface area contributed by atoms with Crippen molar-refractivity contribution in [2.45, 2.75) is 25.4 Å². The van der Waals surface area contributed by atoms with Gasteiger partial charge in [0.2, 0.25) is 0 Å². The van der Waals surface area contributed by atoms with Crippen LogP contribution in [0, 0.1) is 23.1 Å². The maximum Gasteiger partial charge on any atom is 0.166 e. The van der Waals surface area contributed by atoms with Gasteiger partial charge in [0.25, 0.3) is 0 Å². The highest BCUT2D eigenvalue weighted by Crippen LogP contribution is 2.40. The number of anilines is 2. The Kier molecular flexibility index (Phi) is 5.23. The van der Waals surface area contributed by atoms with Crippen LogP contribution in [0.3, 0.4) is 0 Å². The number of halogens is 2. The molecule has 2 aromatic rings. The van der Waals surface area contributed by atoms with Crippen molar-refractivity contribution in [3.8, 4) is 11.8 Å². The minimum atomic E-state index is -1.44. The Balaban J connectivity index is 1.75. The lowest BCUT2D eigenvalue weighted by Crippen LogP contribution is -2.40. The first-order chi connectivity index (χ1) is 14.2. The van der Waals surface area contributed by atoms with Crippen LogP contribution in [-0.4, -0.2) is 31.4 Å². The molecular weight excluding hydrogens is 401 g/mol. The van der Waals surface area contributed by atoms with Crippen LogP contribution in [-0.2, 0) is 5.66 Å². The van der Waals surface area contributed by atoms with Gasteiger partial charge in [-0.15, -0.1) is 0 Å². The molecule has 4 rings (SSSR count). The summed E-state index contributed by atoms with van der Waals surface area (Å²) in [6.45, 7) is 4.21. The number of hydrogen-bond acceptors (Lipinski definition) is 5. The maximum absolute atomic E-state index is 14.7. The van der Waals surface area contributed by atoms with Crippen LogP contribution in [0.4, 0.5) is 15.8 Å². The van der Waals surface area contributed by atoms with Gasteiger partial charge in [-0.25, -0.2) is 9.38 Å². The van der Waals surface area contributed by atoms with Gasteiger partial charge in [0.15, 0.2) is 5.66 Å². The minimum absolute atomic E-state index is 0.00578. The molecule has 0 radical (unpaired) electrons. The predicted octanol–water partition coefficient (Wildman–Crippen LogP) is 3.76. The van der Waals surface area contributed by atoms with Crippen LogP contribution in [0.2, 0.25) is 5.02 Å². The van der Waals surface area contributed by atoms with Crippen LogP contribution >= 0.6 is 11.6 Å². The molecule has 156 valence electrons. The van der Waals surface area contributed by atoms with Crippen LogP contribution < -0.4 is 16.8 Å². The van der Waals surface area contributed by atoms with Gasteiger partial charge in [-0.2, -0.15) is 0 Å². The molecule has 0 aliphatic carbocycles. The van der Waals surface area contributed by atoms with E-state index in [9.17, 15) is 4.39 Å². The number of nitrogens with two attached hydrogens (primary N) is 2. The molecule has 2 atom stereocenters. The van der Waals surface area contributed by atoms with Gasteiger partial charge in [0.05, 0.1) is 11.4 Å². The van der Waals surface area contributed by atoms with Crippen molar-refractivity contribution in [3.05, 3.63) is 57.9 Å². The first-order valence-corrected chi connectivity index (χ1v) is 10.3. The Labute approximate surface area is 181 Å². The van der Waals surface area contributed by atoms with Crippen molar-refractivity contribution in [1.82, 2.24) is 4.90 Å². The Morgan fingerprint density at radius 3 is 2.87 bits per heavy atom. The number of aliphatic imine (C=N–C) groups is 1. The summed E-state index contributed by atoms with van der Waals surface area (Å²) in [5, 5.41) is 3.08. The van der Waals surface area contributed by atoms with E-state index in [1.54, 1.807) is 18.2 Å². The second-order valence-electron chi connectivity index (χ2n) is 8.41. The summed E-state index contributed by atoms with van der Waals surface area (Å²) in [7, 11) is 2.12. The van der Waals surface area contributed by atoms with Gasteiger partial charge >= 0.3 is 0 Å². The highest BCUT2D eigenvalue weighted by molar-refractivity contribution is 6.30. The lowest BCUT2D eigenvalue weighted by Gasteiger charge is -2.35. The molecular formula is C23H25ClFN5. The van der Waals surface area contributed by atoms with E-state index < -0.39 is 11.5 Å². The zero-order valence-corrected chi connectivity index (χ0v) is 17.9. The van der Waals surface area contributed by atoms with Gasteiger partial charge in [0, 0.05) is 40.0 Å². The molecule has 0 amide bonds. The quantitative estimate of drug-likeness (QED) is 0.480. The van der Waals surface area contributed by atoms with E-state index in [-0.39, 0.29) is 16.0 Å². The lowest BCUT2D eigenvalue weighted by atomic mass is 9.82. The number of benzene rings is 2. The molecule has 0 spiro atoms. The number of rotatable bonds is 1. The van der Waals surface area contributed by atoms with Crippen LogP contribution in [0.25, 0.3) is 0 Å². The van der Waals surface area contributed by atoms with Crippen LogP contribution in [0.15, 0.2) is 35.3 Å². The smallest absolute Gasteiger partial charge is 0.166 e. The minimum Gasteiger partial charge on any atom is -0.398 e. The monoisotopic (exact) mass is 425 g/mol. The predicted molar refractivity (Wildman–Crippen MR) is 121 cm³/mol. The Bertz CT molecular complexity index is 1090. The molecule has 2 aliphatic rings. The first kappa shape index (κ1) is 20.7. The van der Waals surface area contributed by atoms with E-state index in [1.807, 2.05) is 6.07 Å². The zero-order valence-electron chi connectivity index (χ0n) is 17.1. The van der Waals surface area contributed by atoms with Gasteiger partial charge in [-0.1, -0.05) is 35.6 Å². The average Bonchev–Trinajstić information content (AvgIpc) is 2.69. The molecule has 1 fully saturated rings. The fourth-order valence-electron chi connectivity index (χ4n) is 4.26. The van der Waals surface area contributed by atoms with Gasteiger partial charge in [-0.3, -0.25) is 5.73 Å². The number of nitrogens with one attached hydrogen (secondary N) is 1. The van der Waals surface area contributed by atoms with E-state index in [2.05, 4.69) is 41.0 Å². The topological polar surface area (TPSA) is 79.7 Å². The molecule has 30 heavy (non-hydrogen) atoms. The van der Waals surface area contributed by atoms with E-state index >= 15 is 0 Å². The standard InChI is InChI=1S/C23H25ClFN5/c1-22(8-4-10-30(2)13-22)9-7-15-11-20-17(12-19(15)26)23(27,29-14-28-20)16-5-3-6-18(24)21(16)25/h3,5-6,11-12,14H,4,8,10,13,26-27H2,1-2H3,(H,28,29). The van der Waals surface area contributed by atoms with Crippen LogP contribution in [0.5, 0.6) is 0 Å². The van der Waals surface area contributed by atoms with Crippen molar-refractivity contribution in [2.24, 2.45) is 16.1 Å². The molecule has 0 saturated carbocycles. The lowest BCUT2D eigenvalue weighted by molar-refractivity contribution is 0.175. The van der Waals surface area contributed by atoms with E-state index in [0.29, 0.717) is 22.5 Å². The van der Waals surface area contributed by atoms with Gasteiger partial charge in [-0.05, 0) is 51.6 Å². The number of nitrogen functional groups attached to an aromatic ring is 1. The molecule has 2 aromatic carbocycles. The Hall–Kier alpha value is -2.59. The summed E-state index contributed by atoms with van der Waals surface area (Å²) in [4.78, 5) is 6.63. The summed E-state index contributed by atoms with van der Waals surface area (Å²) in [5.74, 6) is 6.08. The third-order valence-electron chi connectivity index (χ3n) is 5.84. The number of piperidine rings is 1. The number of likely N-dealkylation sites (tertiary alicyclic amines) is 1. The van der Waals surface area contributed by atoms with Crippen LogP contribution in [0.1, 0.15) is 36.5 Å². The molecule has 1 saturated heterocycles. The van der Waals surface area contributed by atoms with Crippen molar-refractivity contribution < 1.29 is 4.39 Å². The molecule has 2 unspecified atom stereocenters. The fourth-order valence-corrected chi connectivity index (χ4v) is 4.43. The largest absolute Gasteiger partial charge is 0.398 e. The highest BCUT2D eigenvalue weighted by atomic mass is 35.5. The molecule has 5 nitrogen and oxygen atoms in total. The Morgan fingerprint density at radius 1 is 1.30 bits per heavy atom. The maximum atomic E-state index is 14.7. The summed E-state index contributed by atoms with van der Waals surface area (Å²) in [6, 6.07) is 8.28. The normalized spacial score (nSPS) is 25.8. The average molecular weight is 426 g/mol. The van der Waals surface area contributed by atoms with Crippen molar-refractivity contribution >= 4 is 29.3 Å². The zero-order chi connectivity index (χ0) is 21.5. The van der Waals surface area contributed by atoms with Crippen molar-refractivity contribution in [1.29, 1.82) is 0 Å². The first-order valence-electron chi connectivity index (χ1n) is 9.91. The molecule has 7 heteroatoms. The summed E-state index contributed by atoms with van der Waals surface area (Å²) in [6.07, 6.45) is 3.65. The van der Waals surface area contributed by atoms with Crippen molar-refractivity contribution in [3.63, 3.8) is 0 Å². The molecule has 0 aromatic heterocycles. The second-order valence-corrected chi connectivity index (χ2v) is 8.81. The summed E-state index contributed by atoms with van der Waals surface area (Å²) >= 11 is 5.97. The number of hydrogen-bond donors (Lipinski definition) is 3. The SMILES string of the molecule is CN1CCCC(C)(C#Cc2cc3c(cc2N)C(N)(c2cccc(Cl)c2F)N=CN3)C1. The number of fused-ring (bicyclic) bond motifs is 1. The van der Waals surface area contributed by atoms with Gasteiger partial charge in [0.1, 0.15) is 5.82 Å². The highest BCUT2D eigenvalue weighted by Gasteiger charge is 2.37. The van der Waals surface area contributed by atoms with Crippen molar-refractivity contribution in [2.75, 3.05) is 31.2 Å². The summed E-state index contributed by atoms with van der Waals surface area (Å²) in [5.41, 5.74) is 14.0. The van der Waals surface area contributed by atoms with E-state index in [0.717, 1.165) is 25.9 Å². The molecule has 2 heterocycles. The number of nitrogens with zero attached hydrogens (tertiary/aromatic N) is 2. The third kappa shape index (κ3) is 3.65. The third-order valence-corrected chi connectivity index (χ3v) is 6.13. The molecule has 0 bridgehead atoms. The van der Waals surface area contributed by atoms with E-state index in [4.69, 9.17) is 23.1 Å². The summed E-state index contributed by atoms with van der Waals surface area (Å²) < 4.78 is 14.7. The second kappa shape index (κ2) is 7.59.